The van der Waals surface area contributed by atoms with E-state index in [0.717, 1.165) is 43.1 Å². The third kappa shape index (κ3) is 3.86. The Labute approximate surface area is 146 Å². The van der Waals surface area contributed by atoms with E-state index in [2.05, 4.69) is 28.9 Å². The molecule has 1 heterocycles. The second-order valence-corrected chi connectivity index (χ2v) is 7.29. The normalized spacial score (nSPS) is 26.3. The molecule has 24 heavy (non-hydrogen) atoms. The van der Waals surface area contributed by atoms with Gasteiger partial charge in [-0.3, -0.25) is 9.80 Å². The smallest absolute Gasteiger partial charge is 0.165 e. The van der Waals surface area contributed by atoms with E-state index in [0.29, 0.717) is 0 Å². The van der Waals surface area contributed by atoms with Crippen molar-refractivity contribution in [2.75, 3.05) is 40.4 Å². The summed E-state index contributed by atoms with van der Waals surface area (Å²) in [6, 6.07) is 6.98. The van der Waals surface area contributed by atoms with E-state index in [4.69, 9.17) is 9.47 Å². The third-order valence-electron chi connectivity index (χ3n) is 5.82. The van der Waals surface area contributed by atoms with Gasteiger partial charge in [0.2, 0.25) is 0 Å². The molecule has 2 atom stereocenters. The van der Waals surface area contributed by atoms with Crippen LogP contribution in [0.15, 0.2) is 18.2 Å². The van der Waals surface area contributed by atoms with Crippen molar-refractivity contribution in [2.24, 2.45) is 5.92 Å². The number of rotatable bonds is 5. The molecule has 1 aromatic carbocycles. The van der Waals surface area contributed by atoms with Gasteiger partial charge in [0.1, 0.15) is 0 Å². The van der Waals surface area contributed by atoms with Crippen LogP contribution in [0, 0.1) is 5.92 Å². The summed E-state index contributed by atoms with van der Waals surface area (Å²) in [5.74, 6) is 2.57. The van der Waals surface area contributed by atoms with E-state index >= 15 is 0 Å². The topological polar surface area (TPSA) is 24.9 Å². The summed E-state index contributed by atoms with van der Waals surface area (Å²) in [5, 5.41) is 0. The van der Waals surface area contributed by atoms with Crippen LogP contribution in [0.1, 0.15) is 38.2 Å². The molecule has 0 N–H and O–H groups in total. The zero-order valence-electron chi connectivity index (χ0n) is 15.5. The molecule has 2 fully saturated rings. The van der Waals surface area contributed by atoms with Gasteiger partial charge in [0.15, 0.2) is 11.5 Å². The number of piperazine rings is 1. The van der Waals surface area contributed by atoms with Gasteiger partial charge in [-0.1, -0.05) is 31.9 Å². The molecule has 2 unspecified atom stereocenters. The van der Waals surface area contributed by atoms with E-state index in [9.17, 15) is 0 Å². The maximum absolute atomic E-state index is 5.58. The zero-order valence-corrected chi connectivity index (χ0v) is 15.5. The summed E-state index contributed by atoms with van der Waals surface area (Å²) < 4.78 is 11.0. The van der Waals surface area contributed by atoms with Crippen LogP contribution in [-0.2, 0) is 6.54 Å². The van der Waals surface area contributed by atoms with Gasteiger partial charge in [-0.25, -0.2) is 0 Å². The summed E-state index contributed by atoms with van der Waals surface area (Å²) in [4.78, 5) is 5.28. The van der Waals surface area contributed by atoms with Gasteiger partial charge in [0.05, 0.1) is 14.2 Å². The van der Waals surface area contributed by atoms with Crippen LogP contribution in [0.3, 0.4) is 0 Å². The van der Waals surface area contributed by atoms with Crippen LogP contribution < -0.4 is 9.47 Å². The van der Waals surface area contributed by atoms with E-state index in [1.165, 1.54) is 44.3 Å². The lowest BCUT2D eigenvalue weighted by Crippen LogP contribution is -2.52. The number of hydrogen-bond donors (Lipinski definition) is 0. The van der Waals surface area contributed by atoms with Gasteiger partial charge in [-0.05, 0) is 24.8 Å². The largest absolute Gasteiger partial charge is 0.493 e. The van der Waals surface area contributed by atoms with Crippen molar-refractivity contribution >= 4 is 0 Å². The predicted molar refractivity (Wildman–Crippen MR) is 97.8 cm³/mol. The van der Waals surface area contributed by atoms with Gasteiger partial charge in [-0.2, -0.15) is 0 Å². The molecule has 0 radical (unpaired) electrons. The van der Waals surface area contributed by atoms with Gasteiger partial charge in [-0.15, -0.1) is 0 Å². The number of hydrogen-bond acceptors (Lipinski definition) is 4. The number of benzene rings is 1. The minimum Gasteiger partial charge on any atom is -0.493 e. The van der Waals surface area contributed by atoms with Crippen molar-refractivity contribution < 1.29 is 9.47 Å². The summed E-state index contributed by atoms with van der Waals surface area (Å²) in [6.07, 6.45) is 5.64. The van der Waals surface area contributed by atoms with Crippen molar-refractivity contribution in [1.29, 1.82) is 0 Å². The van der Waals surface area contributed by atoms with E-state index in [-0.39, 0.29) is 0 Å². The van der Waals surface area contributed by atoms with Crippen LogP contribution in [0.5, 0.6) is 11.5 Å². The summed E-state index contributed by atoms with van der Waals surface area (Å²) in [6.45, 7) is 8.06. The second-order valence-electron chi connectivity index (χ2n) is 7.29. The molecule has 2 aliphatic rings. The molecule has 1 saturated heterocycles. The highest BCUT2D eigenvalue weighted by Gasteiger charge is 2.29. The predicted octanol–water partition coefficient (Wildman–Crippen LogP) is 3.40. The first-order chi connectivity index (χ1) is 11.7. The second kappa shape index (κ2) is 8.21. The first-order valence-electron chi connectivity index (χ1n) is 9.39. The SMILES string of the molecule is COc1cccc(CN2CCN(C3CCCCC3C)CC2)c1OC. The number of methoxy groups -OCH3 is 2. The summed E-state index contributed by atoms with van der Waals surface area (Å²) >= 11 is 0. The molecule has 134 valence electrons. The Morgan fingerprint density at radius 1 is 1.00 bits per heavy atom. The van der Waals surface area contributed by atoms with Crippen LogP contribution >= 0.6 is 0 Å². The van der Waals surface area contributed by atoms with Crippen LogP contribution in [0.2, 0.25) is 0 Å². The minimum absolute atomic E-state index is 0.812. The van der Waals surface area contributed by atoms with Crippen molar-refractivity contribution in [3.8, 4) is 11.5 Å². The van der Waals surface area contributed by atoms with E-state index < -0.39 is 0 Å². The molecule has 1 saturated carbocycles. The standard InChI is InChI=1S/C20H32N2O2/c1-16-7-4-5-9-18(16)22-13-11-21(12-14-22)15-17-8-6-10-19(23-2)20(17)24-3/h6,8,10,16,18H,4-5,7,9,11-15H2,1-3H3. The molecule has 1 aromatic rings. The maximum atomic E-state index is 5.58. The Morgan fingerprint density at radius 3 is 2.42 bits per heavy atom. The summed E-state index contributed by atoms with van der Waals surface area (Å²) in [5.41, 5.74) is 1.22. The van der Waals surface area contributed by atoms with Gasteiger partial charge < -0.3 is 9.47 Å². The number of ether oxygens (including phenoxy) is 2. The summed E-state index contributed by atoms with van der Waals surface area (Å²) in [7, 11) is 3.43. The quantitative estimate of drug-likeness (QED) is 0.825. The van der Waals surface area contributed by atoms with Crippen LogP contribution in [0.4, 0.5) is 0 Å². The molecular weight excluding hydrogens is 300 g/mol. The first kappa shape index (κ1) is 17.6. The molecule has 1 aliphatic carbocycles. The Hall–Kier alpha value is -1.26. The average Bonchev–Trinajstić information content (AvgIpc) is 2.62. The molecule has 0 aromatic heterocycles. The molecule has 0 amide bonds. The monoisotopic (exact) mass is 332 g/mol. The molecule has 0 spiro atoms. The van der Waals surface area contributed by atoms with Crippen molar-refractivity contribution in [1.82, 2.24) is 9.80 Å². The molecule has 0 bridgehead atoms. The van der Waals surface area contributed by atoms with Crippen LogP contribution in [0.25, 0.3) is 0 Å². The van der Waals surface area contributed by atoms with Gasteiger partial charge >= 0.3 is 0 Å². The van der Waals surface area contributed by atoms with Crippen molar-refractivity contribution in [3.63, 3.8) is 0 Å². The third-order valence-corrected chi connectivity index (χ3v) is 5.82. The Morgan fingerprint density at radius 2 is 1.75 bits per heavy atom. The zero-order chi connectivity index (χ0) is 16.9. The fourth-order valence-electron chi connectivity index (χ4n) is 4.41. The molecule has 4 heteroatoms. The highest BCUT2D eigenvalue weighted by Crippen LogP contribution is 2.32. The fraction of sp³-hybridized carbons (Fsp3) is 0.700. The Balaban J connectivity index is 1.58. The minimum atomic E-state index is 0.812. The van der Waals surface area contributed by atoms with Gasteiger partial charge in [0.25, 0.3) is 0 Å². The highest BCUT2D eigenvalue weighted by atomic mass is 16.5. The van der Waals surface area contributed by atoms with Crippen molar-refractivity contribution in [3.05, 3.63) is 23.8 Å². The average molecular weight is 332 g/mol. The van der Waals surface area contributed by atoms with E-state index in [1.54, 1.807) is 14.2 Å². The highest BCUT2D eigenvalue weighted by molar-refractivity contribution is 5.46. The Kier molecular flexibility index (Phi) is 6.01. The lowest BCUT2D eigenvalue weighted by Gasteiger charge is -2.43. The molecule has 4 nitrogen and oxygen atoms in total. The van der Waals surface area contributed by atoms with E-state index in [1.807, 2.05) is 6.07 Å². The first-order valence-corrected chi connectivity index (χ1v) is 9.39. The molecule has 3 rings (SSSR count). The Bertz CT molecular complexity index is 526. The molecular formula is C20H32N2O2. The van der Waals surface area contributed by atoms with Crippen LogP contribution in [-0.4, -0.2) is 56.2 Å². The lowest BCUT2D eigenvalue weighted by atomic mass is 9.84. The van der Waals surface area contributed by atoms with Gasteiger partial charge in [0, 0.05) is 44.3 Å². The molecule has 1 aliphatic heterocycles. The lowest BCUT2D eigenvalue weighted by molar-refractivity contribution is 0.0515. The van der Waals surface area contributed by atoms with Crippen molar-refractivity contribution in [2.45, 2.75) is 45.2 Å². The fourth-order valence-corrected chi connectivity index (χ4v) is 4.41. The number of nitrogens with zero attached hydrogens (tertiary/aromatic N) is 2. The maximum Gasteiger partial charge on any atom is 0.165 e. The number of para-hydroxylation sites is 1.